The van der Waals surface area contributed by atoms with Crippen molar-refractivity contribution >= 4 is 17.6 Å². The molecule has 0 unspecified atom stereocenters. The zero-order valence-electron chi connectivity index (χ0n) is 13.6. The summed E-state index contributed by atoms with van der Waals surface area (Å²) < 4.78 is 12.1. The largest absolute Gasteiger partial charge is 0.457 e. The van der Waals surface area contributed by atoms with Crippen LogP contribution in [0.25, 0.3) is 0 Å². The predicted molar refractivity (Wildman–Crippen MR) is 91.7 cm³/mol. The van der Waals surface area contributed by atoms with Crippen molar-refractivity contribution in [1.29, 1.82) is 0 Å². The van der Waals surface area contributed by atoms with Gasteiger partial charge >= 0.3 is 5.97 Å². The number of hydrogen-bond donors (Lipinski definition) is 0. The van der Waals surface area contributed by atoms with Gasteiger partial charge < -0.3 is 14.4 Å². The topological polar surface area (TPSA) is 38.8 Å². The molecule has 0 aromatic heterocycles. The molecule has 2 aromatic rings. The Morgan fingerprint density at radius 2 is 2.08 bits per heavy atom. The SMILES string of the molecule is CC(=O)O[C@]12CN(C)C[C@H]1c1ccccc1Oc1cc(Cl)ccc12. The van der Waals surface area contributed by atoms with Crippen LogP contribution in [0.5, 0.6) is 11.5 Å². The minimum absolute atomic E-state index is 0.00465. The number of fused-ring (bicyclic) bond motifs is 5. The molecule has 0 radical (unpaired) electrons. The third-order valence-corrected chi connectivity index (χ3v) is 5.04. The van der Waals surface area contributed by atoms with Gasteiger partial charge in [-0.15, -0.1) is 0 Å². The van der Waals surface area contributed by atoms with Crippen molar-refractivity contribution in [3.8, 4) is 11.5 Å². The molecular formula is C19H18ClNO3. The second-order valence-electron chi connectivity index (χ2n) is 6.51. The third-order valence-electron chi connectivity index (χ3n) is 4.80. The van der Waals surface area contributed by atoms with Crippen LogP contribution in [0.3, 0.4) is 0 Å². The standard InChI is InChI=1S/C19H18ClNO3/c1-12(22)24-19-11-21(2)10-16(19)14-5-3-4-6-17(14)23-18-9-13(20)7-8-15(18)19/h3-9,16H,10-11H2,1-2H3/t16-,19-/m0/s1. The van der Waals surface area contributed by atoms with Gasteiger partial charge in [-0.1, -0.05) is 29.8 Å². The van der Waals surface area contributed by atoms with E-state index in [-0.39, 0.29) is 11.9 Å². The minimum atomic E-state index is -0.771. The molecule has 0 aliphatic carbocycles. The Kier molecular flexibility index (Phi) is 3.55. The van der Waals surface area contributed by atoms with E-state index in [1.54, 1.807) is 6.07 Å². The molecule has 24 heavy (non-hydrogen) atoms. The highest BCUT2D eigenvalue weighted by atomic mass is 35.5. The highest BCUT2D eigenvalue weighted by molar-refractivity contribution is 6.30. The molecule has 2 aromatic carbocycles. The average Bonchev–Trinajstić information content (AvgIpc) is 2.79. The quantitative estimate of drug-likeness (QED) is 0.735. The summed E-state index contributed by atoms with van der Waals surface area (Å²) in [5.74, 6) is 1.14. The van der Waals surface area contributed by atoms with Gasteiger partial charge in [0.2, 0.25) is 0 Å². The third kappa shape index (κ3) is 2.29. The Bertz CT molecular complexity index is 822. The maximum Gasteiger partial charge on any atom is 0.303 e. The lowest BCUT2D eigenvalue weighted by atomic mass is 9.79. The van der Waals surface area contributed by atoms with Gasteiger partial charge in [-0.25, -0.2) is 0 Å². The van der Waals surface area contributed by atoms with Crippen LogP contribution in [-0.2, 0) is 15.1 Å². The monoisotopic (exact) mass is 343 g/mol. The number of carbonyl (C=O) groups excluding carboxylic acids is 1. The Labute approximate surface area is 145 Å². The van der Waals surface area contributed by atoms with E-state index in [1.165, 1.54) is 6.92 Å². The number of hydrogen-bond acceptors (Lipinski definition) is 4. The van der Waals surface area contributed by atoms with Crippen molar-refractivity contribution in [2.75, 3.05) is 20.1 Å². The first-order chi connectivity index (χ1) is 11.5. The molecule has 0 N–H and O–H groups in total. The molecule has 0 amide bonds. The predicted octanol–water partition coefficient (Wildman–Crippen LogP) is 3.93. The molecule has 1 fully saturated rings. The van der Waals surface area contributed by atoms with E-state index in [0.29, 0.717) is 17.3 Å². The molecule has 2 aliphatic heterocycles. The van der Waals surface area contributed by atoms with Crippen molar-refractivity contribution in [2.45, 2.75) is 18.4 Å². The van der Waals surface area contributed by atoms with E-state index in [9.17, 15) is 4.79 Å². The van der Waals surface area contributed by atoms with Crippen molar-refractivity contribution in [2.24, 2.45) is 0 Å². The highest BCUT2D eigenvalue weighted by Crippen LogP contribution is 2.54. The van der Waals surface area contributed by atoms with Crippen molar-refractivity contribution < 1.29 is 14.3 Å². The smallest absolute Gasteiger partial charge is 0.303 e. The van der Waals surface area contributed by atoms with Crippen LogP contribution in [0.1, 0.15) is 24.0 Å². The molecule has 4 rings (SSSR count). The van der Waals surface area contributed by atoms with E-state index < -0.39 is 5.60 Å². The van der Waals surface area contributed by atoms with Crippen molar-refractivity contribution in [1.82, 2.24) is 4.90 Å². The summed E-state index contributed by atoms with van der Waals surface area (Å²) in [7, 11) is 2.04. The van der Waals surface area contributed by atoms with Crippen LogP contribution >= 0.6 is 11.6 Å². The van der Waals surface area contributed by atoms with Gasteiger partial charge in [-0.05, 0) is 31.3 Å². The fourth-order valence-electron chi connectivity index (χ4n) is 3.98. The molecule has 2 atom stereocenters. The van der Waals surface area contributed by atoms with Gasteiger partial charge in [-0.3, -0.25) is 4.79 Å². The van der Waals surface area contributed by atoms with Crippen LogP contribution in [-0.4, -0.2) is 31.0 Å². The number of carbonyl (C=O) groups is 1. The second kappa shape index (κ2) is 5.50. The van der Waals surface area contributed by atoms with Crippen LogP contribution in [0.15, 0.2) is 42.5 Å². The lowest BCUT2D eigenvalue weighted by molar-refractivity contribution is -0.158. The van der Waals surface area contributed by atoms with Crippen molar-refractivity contribution in [3.05, 3.63) is 58.6 Å². The normalized spacial score (nSPS) is 25.0. The van der Waals surface area contributed by atoms with Crippen LogP contribution in [0, 0.1) is 0 Å². The van der Waals surface area contributed by atoms with Gasteiger partial charge in [0.25, 0.3) is 0 Å². The summed E-state index contributed by atoms with van der Waals surface area (Å²) in [5.41, 5.74) is 1.15. The van der Waals surface area contributed by atoms with E-state index in [2.05, 4.69) is 4.90 Å². The molecule has 4 nitrogen and oxygen atoms in total. The van der Waals surface area contributed by atoms with E-state index in [0.717, 1.165) is 23.4 Å². The number of likely N-dealkylation sites (tertiary alicyclic amines) is 1. The summed E-state index contributed by atoms with van der Waals surface area (Å²) in [4.78, 5) is 14.1. The lowest BCUT2D eigenvalue weighted by Gasteiger charge is -2.33. The van der Waals surface area contributed by atoms with Gasteiger partial charge in [0.15, 0.2) is 5.60 Å². The Hall–Kier alpha value is -2.04. The number of benzene rings is 2. The van der Waals surface area contributed by atoms with Gasteiger partial charge in [0.1, 0.15) is 11.5 Å². The van der Waals surface area contributed by atoms with Crippen LogP contribution in [0.2, 0.25) is 5.02 Å². The van der Waals surface area contributed by atoms with Crippen molar-refractivity contribution in [3.63, 3.8) is 0 Å². The summed E-state index contributed by atoms with van der Waals surface area (Å²) in [6.45, 7) is 2.86. The second-order valence-corrected chi connectivity index (χ2v) is 6.95. The Balaban J connectivity index is 2.01. The number of likely N-dealkylation sites (N-methyl/N-ethyl adjacent to an activating group) is 1. The molecular weight excluding hydrogens is 326 g/mol. The first kappa shape index (κ1) is 15.5. The van der Waals surface area contributed by atoms with E-state index in [4.69, 9.17) is 21.1 Å². The number of ether oxygens (including phenoxy) is 2. The molecule has 2 heterocycles. The summed E-state index contributed by atoms with van der Waals surface area (Å²) >= 11 is 6.18. The Morgan fingerprint density at radius 1 is 1.29 bits per heavy atom. The molecule has 5 heteroatoms. The minimum Gasteiger partial charge on any atom is -0.457 e. The number of halogens is 1. The van der Waals surface area contributed by atoms with E-state index >= 15 is 0 Å². The van der Waals surface area contributed by atoms with Crippen LogP contribution in [0.4, 0.5) is 0 Å². The fourth-order valence-corrected chi connectivity index (χ4v) is 4.14. The molecule has 2 aliphatic rings. The van der Waals surface area contributed by atoms with Gasteiger partial charge in [-0.2, -0.15) is 0 Å². The Morgan fingerprint density at radius 3 is 2.88 bits per heavy atom. The average molecular weight is 344 g/mol. The summed E-state index contributed by atoms with van der Waals surface area (Å²) in [6.07, 6.45) is 0. The molecule has 1 saturated heterocycles. The first-order valence-corrected chi connectivity index (χ1v) is 8.32. The van der Waals surface area contributed by atoms with E-state index in [1.807, 2.05) is 43.4 Å². The molecule has 0 bridgehead atoms. The zero-order chi connectivity index (χ0) is 16.9. The molecule has 0 spiro atoms. The zero-order valence-corrected chi connectivity index (χ0v) is 14.3. The number of nitrogens with zero attached hydrogens (tertiary/aromatic N) is 1. The highest BCUT2D eigenvalue weighted by Gasteiger charge is 2.54. The maximum absolute atomic E-state index is 11.9. The van der Waals surface area contributed by atoms with Gasteiger partial charge in [0, 0.05) is 42.1 Å². The maximum atomic E-state index is 11.9. The molecule has 124 valence electrons. The number of esters is 1. The summed E-state index contributed by atoms with van der Waals surface area (Å²) in [5, 5.41) is 0.592. The summed E-state index contributed by atoms with van der Waals surface area (Å²) in [6, 6.07) is 13.5. The number of para-hydroxylation sites is 1. The van der Waals surface area contributed by atoms with Crippen LogP contribution < -0.4 is 4.74 Å². The first-order valence-electron chi connectivity index (χ1n) is 7.94. The molecule has 0 saturated carbocycles. The fraction of sp³-hybridized carbons (Fsp3) is 0.316. The lowest BCUT2D eigenvalue weighted by Crippen LogP contribution is -2.38. The van der Waals surface area contributed by atoms with Gasteiger partial charge in [0.05, 0.1) is 0 Å². The number of rotatable bonds is 1.